The van der Waals surface area contributed by atoms with E-state index in [2.05, 4.69) is 24.0 Å². The summed E-state index contributed by atoms with van der Waals surface area (Å²) in [6.07, 6.45) is 3.72. The molecule has 1 unspecified atom stereocenters. The Labute approximate surface area is 131 Å². The zero-order valence-electron chi connectivity index (χ0n) is 12.8. The second-order valence-corrected chi connectivity index (χ2v) is 5.75. The predicted octanol–water partition coefficient (Wildman–Crippen LogP) is 2.83. The van der Waals surface area contributed by atoms with Crippen LogP contribution in [-0.4, -0.2) is 22.3 Å². The highest BCUT2D eigenvalue weighted by Crippen LogP contribution is 2.34. The van der Waals surface area contributed by atoms with Gasteiger partial charge in [-0.05, 0) is 43.0 Å². The summed E-state index contributed by atoms with van der Waals surface area (Å²) in [7, 11) is 0. The fraction of sp³-hybridized carbons (Fsp3) is 0.333. The fourth-order valence-electron chi connectivity index (χ4n) is 3.18. The molecule has 2 aromatic rings. The van der Waals surface area contributed by atoms with E-state index >= 15 is 0 Å². The molecule has 0 aliphatic carbocycles. The number of pyridine rings is 1. The Balaban J connectivity index is 1.89. The molecule has 1 aliphatic heterocycles. The van der Waals surface area contributed by atoms with Crippen LogP contribution in [0.15, 0.2) is 42.6 Å². The first-order valence-corrected chi connectivity index (χ1v) is 7.72. The Morgan fingerprint density at radius 3 is 2.95 bits per heavy atom. The Bertz CT molecular complexity index is 684. The number of rotatable bonds is 3. The maximum Gasteiger partial charge on any atom is 0.254 e. The molecule has 1 aliphatic rings. The van der Waals surface area contributed by atoms with Crippen LogP contribution >= 0.6 is 0 Å². The monoisotopic (exact) mass is 295 g/mol. The Morgan fingerprint density at radius 1 is 1.36 bits per heavy atom. The quantitative estimate of drug-likeness (QED) is 0.947. The molecule has 0 spiro atoms. The zero-order chi connectivity index (χ0) is 15.5. The van der Waals surface area contributed by atoms with Gasteiger partial charge in [-0.15, -0.1) is 0 Å². The van der Waals surface area contributed by atoms with Crippen molar-refractivity contribution in [2.45, 2.75) is 32.4 Å². The van der Waals surface area contributed by atoms with Crippen molar-refractivity contribution in [1.82, 2.24) is 9.88 Å². The summed E-state index contributed by atoms with van der Waals surface area (Å²) < 4.78 is 0. The van der Waals surface area contributed by atoms with E-state index in [1.807, 2.05) is 17.0 Å². The summed E-state index contributed by atoms with van der Waals surface area (Å²) in [5, 5.41) is 0. The molecule has 3 rings (SSSR count). The minimum absolute atomic E-state index is 0.0721. The Morgan fingerprint density at radius 2 is 2.18 bits per heavy atom. The van der Waals surface area contributed by atoms with Crippen LogP contribution in [0, 0.1) is 6.92 Å². The van der Waals surface area contributed by atoms with E-state index in [-0.39, 0.29) is 11.9 Å². The van der Waals surface area contributed by atoms with Gasteiger partial charge in [0.15, 0.2) is 0 Å². The maximum absolute atomic E-state index is 12.9. The number of nitrogens with two attached hydrogens (primary N) is 1. The smallest absolute Gasteiger partial charge is 0.254 e. The molecule has 1 amide bonds. The molecular formula is C18H21N3O. The molecule has 1 atom stereocenters. The number of likely N-dealkylation sites (tertiary alicyclic amines) is 1. The van der Waals surface area contributed by atoms with Gasteiger partial charge >= 0.3 is 0 Å². The zero-order valence-corrected chi connectivity index (χ0v) is 12.8. The van der Waals surface area contributed by atoms with Crippen molar-refractivity contribution in [2.24, 2.45) is 5.73 Å². The molecule has 4 heteroatoms. The summed E-state index contributed by atoms with van der Waals surface area (Å²) in [5.74, 6) is 0.0721. The third kappa shape index (κ3) is 2.74. The molecule has 4 nitrogen and oxygen atoms in total. The van der Waals surface area contributed by atoms with Crippen LogP contribution in [0.3, 0.4) is 0 Å². The summed E-state index contributed by atoms with van der Waals surface area (Å²) in [5.41, 5.74) is 9.54. The molecule has 22 heavy (non-hydrogen) atoms. The maximum atomic E-state index is 12.9. The fourth-order valence-corrected chi connectivity index (χ4v) is 3.18. The number of aryl methyl sites for hydroxylation is 1. The van der Waals surface area contributed by atoms with Crippen molar-refractivity contribution in [3.05, 3.63) is 65.0 Å². The number of amides is 1. The van der Waals surface area contributed by atoms with Gasteiger partial charge in [-0.3, -0.25) is 9.78 Å². The number of benzene rings is 1. The molecule has 1 fully saturated rings. The number of hydrogen-bond acceptors (Lipinski definition) is 3. The lowest BCUT2D eigenvalue weighted by Crippen LogP contribution is -2.31. The van der Waals surface area contributed by atoms with E-state index in [1.54, 1.807) is 18.3 Å². The average molecular weight is 295 g/mol. The summed E-state index contributed by atoms with van der Waals surface area (Å²) >= 11 is 0. The lowest BCUT2D eigenvalue weighted by molar-refractivity contribution is 0.0735. The highest BCUT2D eigenvalue weighted by Gasteiger charge is 2.31. The number of carbonyl (C=O) groups excluding carboxylic acids is 1. The molecule has 0 bridgehead atoms. The first kappa shape index (κ1) is 14.7. The van der Waals surface area contributed by atoms with Gasteiger partial charge in [0, 0.05) is 24.8 Å². The third-order valence-electron chi connectivity index (χ3n) is 4.33. The van der Waals surface area contributed by atoms with Crippen LogP contribution in [0.4, 0.5) is 0 Å². The van der Waals surface area contributed by atoms with E-state index in [9.17, 15) is 4.79 Å². The number of nitrogens with zero attached hydrogens (tertiary/aromatic N) is 2. The number of aromatic nitrogens is 1. The Hall–Kier alpha value is -2.20. The summed E-state index contributed by atoms with van der Waals surface area (Å²) in [6, 6.07) is 12.1. The highest BCUT2D eigenvalue weighted by atomic mass is 16.2. The first-order valence-electron chi connectivity index (χ1n) is 7.72. The van der Waals surface area contributed by atoms with Gasteiger partial charge in [0.1, 0.15) is 0 Å². The predicted molar refractivity (Wildman–Crippen MR) is 86.3 cm³/mol. The molecular weight excluding hydrogens is 274 g/mol. The van der Waals surface area contributed by atoms with E-state index in [1.165, 1.54) is 11.1 Å². The summed E-state index contributed by atoms with van der Waals surface area (Å²) in [6.45, 7) is 3.26. The van der Waals surface area contributed by atoms with Gasteiger partial charge in [-0.2, -0.15) is 0 Å². The van der Waals surface area contributed by atoms with Crippen molar-refractivity contribution in [2.75, 3.05) is 6.54 Å². The van der Waals surface area contributed by atoms with E-state index in [4.69, 9.17) is 5.73 Å². The van der Waals surface area contributed by atoms with Crippen LogP contribution in [0.2, 0.25) is 0 Å². The van der Waals surface area contributed by atoms with Crippen LogP contribution in [0.5, 0.6) is 0 Å². The highest BCUT2D eigenvalue weighted by molar-refractivity contribution is 5.94. The molecule has 2 N–H and O–H groups in total. The molecule has 1 aromatic heterocycles. The Kier molecular flexibility index (Phi) is 4.20. The van der Waals surface area contributed by atoms with Gasteiger partial charge < -0.3 is 10.6 Å². The van der Waals surface area contributed by atoms with Gasteiger partial charge in [-0.25, -0.2) is 0 Å². The summed E-state index contributed by atoms with van der Waals surface area (Å²) in [4.78, 5) is 19.0. The van der Waals surface area contributed by atoms with Crippen molar-refractivity contribution in [1.29, 1.82) is 0 Å². The minimum atomic E-state index is 0.0721. The van der Waals surface area contributed by atoms with E-state index in [0.717, 1.165) is 25.1 Å². The number of carbonyl (C=O) groups is 1. The first-order chi connectivity index (χ1) is 10.7. The van der Waals surface area contributed by atoms with Gasteiger partial charge in [0.2, 0.25) is 0 Å². The number of hydrogen-bond donors (Lipinski definition) is 1. The standard InChI is InChI=1S/C18H21N3O/c1-13-5-2-3-6-16(13)17-7-4-10-21(17)18(22)14-8-9-20-15(11-14)12-19/h2-3,5-6,8-9,11,17H,4,7,10,12,19H2,1H3. The van der Waals surface area contributed by atoms with Gasteiger partial charge in [-0.1, -0.05) is 24.3 Å². The average Bonchev–Trinajstić information content (AvgIpc) is 3.04. The second-order valence-electron chi connectivity index (χ2n) is 5.75. The topological polar surface area (TPSA) is 59.2 Å². The third-order valence-corrected chi connectivity index (χ3v) is 4.33. The SMILES string of the molecule is Cc1ccccc1C1CCCN1C(=O)c1ccnc(CN)c1. The lowest BCUT2D eigenvalue weighted by atomic mass is 9.99. The van der Waals surface area contributed by atoms with Crippen molar-refractivity contribution in [3.63, 3.8) is 0 Å². The van der Waals surface area contributed by atoms with Crippen LogP contribution in [0.1, 0.15) is 46.1 Å². The van der Waals surface area contributed by atoms with Crippen LogP contribution in [0.25, 0.3) is 0 Å². The molecule has 2 heterocycles. The van der Waals surface area contributed by atoms with Crippen LogP contribution in [-0.2, 0) is 6.54 Å². The second kappa shape index (κ2) is 6.28. The van der Waals surface area contributed by atoms with Gasteiger partial charge in [0.05, 0.1) is 11.7 Å². The molecule has 114 valence electrons. The lowest BCUT2D eigenvalue weighted by Gasteiger charge is -2.26. The molecule has 0 radical (unpaired) electrons. The van der Waals surface area contributed by atoms with Crippen molar-refractivity contribution in [3.8, 4) is 0 Å². The van der Waals surface area contributed by atoms with E-state index < -0.39 is 0 Å². The minimum Gasteiger partial charge on any atom is -0.332 e. The molecule has 1 aromatic carbocycles. The van der Waals surface area contributed by atoms with Crippen molar-refractivity contribution >= 4 is 5.91 Å². The van der Waals surface area contributed by atoms with Gasteiger partial charge in [0.25, 0.3) is 5.91 Å². The van der Waals surface area contributed by atoms with Crippen molar-refractivity contribution < 1.29 is 4.79 Å². The normalized spacial score (nSPS) is 17.7. The van der Waals surface area contributed by atoms with Crippen LogP contribution < -0.4 is 5.73 Å². The van der Waals surface area contributed by atoms with E-state index in [0.29, 0.717) is 12.1 Å². The molecule has 0 saturated carbocycles. The largest absolute Gasteiger partial charge is 0.332 e. The molecule has 1 saturated heterocycles.